The van der Waals surface area contributed by atoms with Crippen LogP contribution in [-0.2, 0) is 0 Å². The third-order valence-electron chi connectivity index (χ3n) is 4.25. The quantitative estimate of drug-likeness (QED) is 0.820. The number of fused-ring (bicyclic) bond motifs is 1. The Morgan fingerprint density at radius 1 is 1.33 bits per heavy atom. The second kappa shape index (κ2) is 4.36. The van der Waals surface area contributed by atoms with Gasteiger partial charge in [-0.1, -0.05) is 18.5 Å². The van der Waals surface area contributed by atoms with Crippen molar-refractivity contribution in [1.29, 1.82) is 0 Å². The van der Waals surface area contributed by atoms with Gasteiger partial charge in [-0.25, -0.2) is 13.2 Å². The number of hydrogen-bond donors (Lipinski definition) is 2. The van der Waals surface area contributed by atoms with E-state index in [2.05, 4.69) is 10.2 Å². The highest BCUT2D eigenvalue weighted by atomic mass is 35.5. The molecular weight excluding hydrogens is 305 g/mol. The minimum atomic E-state index is -1.39. The summed E-state index contributed by atoms with van der Waals surface area (Å²) in [6.07, 6.45) is 0.0489. The lowest BCUT2D eigenvalue weighted by atomic mass is 9.58. The largest absolute Gasteiger partial charge is 0.388 e. The predicted octanol–water partition coefficient (Wildman–Crippen LogP) is 4.06. The normalized spacial score (nSPS) is 30.4. The Morgan fingerprint density at radius 3 is 2.52 bits per heavy atom. The van der Waals surface area contributed by atoms with Crippen molar-refractivity contribution in [2.45, 2.75) is 38.5 Å². The van der Waals surface area contributed by atoms with Crippen molar-refractivity contribution in [3.05, 3.63) is 28.4 Å². The molecule has 0 saturated heterocycles. The third-order valence-corrected chi connectivity index (χ3v) is 4.58. The Balaban J connectivity index is 2.15. The number of aliphatic hydroxyl groups is 1. The van der Waals surface area contributed by atoms with Crippen molar-refractivity contribution in [2.75, 3.05) is 0 Å². The maximum absolute atomic E-state index is 14.3. The van der Waals surface area contributed by atoms with E-state index in [1.165, 1.54) is 13.1 Å². The van der Waals surface area contributed by atoms with E-state index in [-0.39, 0.29) is 29.3 Å². The number of halogens is 4. The summed E-state index contributed by atoms with van der Waals surface area (Å²) in [4.78, 5) is 0. The van der Waals surface area contributed by atoms with Crippen molar-refractivity contribution in [3.8, 4) is 0 Å². The molecule has 0 amide bonds. The summed E-state index contributed by atoms with van der Waals surface area (Å²) < 4.78 is 42.0. The maximum Gasteiger partial charge on any atom is 0.155 e. The zero-order chi connectivity index (χ0) is 15.6. The SMILES string of the molecule is CC1(F)CC(C)(C(O)c2c(F)c(Cl)c(F)c3cn[nH]c23)C1. The van der Waals surface area contributed by atoms with Crippen LogP contribution >= 0.6 is 11.6 Å². The van der Waals surface area contributed by atoms with E-state index in [9.17, 15) is 18.3 Å². The number of nitrogens with one attached hydrogen (secondary N) is 1. The Labute approximate surface area is 124 Å². The van der Waals surface area contributed by atoms with E-state index in [4.69, 9.17) is 11.6 Å². The monoisotopic (exact) mass is 318 g/mol. The van der Waals surface area contributed by atoms with Crippen LogP contribution in [0.25, 0.3) is 10.9 Å². The molecule has 1 aliphatic rings. The summed E-state index contributed by atoms with van der Waals surface area (Å²) in [5.41, 5.74) is -2.32. The number of aromatic amines is 1. The summed E-state index contributed by atoms with van der Waals surface area (Å²) >= 11 is 5.65. The van der Waals surface area contributed by atoms with Crippen LogP contribution < -0.4 is 0 Å². The number of aromatic nitrogens is 2. The molecule has 3 rings (SSSR count). The molecule has 21 heavy (non-hydrogen) atoms. The zero-order valence-electron chi connectivity index (χ0n) is 11.5. The smallest absolute Gasteiger partial charge is 0.155 e. The summed E-state index contributed by atoms with van der Waals surface area (Å²) in [6, 6.07) is 0. The highest BCUT2D eigenvalue weighted by Crippen LogP contribution is 2.58. The molecule has 0 aliphatic heterocycles. The first kappa shape index (κ1) is 14.7. The lowest BCUT2D eigenvalue weighted by molar-refractivity contribution is -0.118. The van der Waals surface area contributed by atoms with Crippen molar-refractivity contribution in [3.63, 3.8) is 0 Å². The number of alkyl halides is 1. The van der Waals surface area contributed by atoms with Crippen LogP contribution in [0.4, 0.5) is 13.2 Å². The molecule has 114 valence electrons. The van der Waals surface area contributed by atoms with Crippen LogP contribution in [0.5, 0.6) is 0 Å². The molecule has 0 spiro atoms. The first-order valence-corrected chi connectivity index (χ1v) is 6.90. The molecule has 1 aromatic heterocycles. The van der Waals surface area contributed by atoms with Gasteiger partial charge in [0.15, 0.2) is 11.6 Å². The molecule has 2 N–H and O–H groups in total. The molecule has 0 bridgehead atoms. The number of aliphatic hydroxyl groups excluding tert-OH is 1. The van der Waals surface area contributed by atoms with Crippen LogP contribution in [0.15, 0.2) is 6.20 Å². The Hall–Kier alpha value is -1.27. The number of benzene rings is 1. The van der Waals surface area contributed by atoms with E-state index >= 15 is 0 Å². The van der Waals surface area contributed by atoms with Crippen LogP contribution in [0.2, 0.25) is 5.02 Å². The Kier molecular flexibility index (Phi) is 3.05. The van der Waals surface area contributed by atoms with Crippen molar-refractivity contribution < 1.29 is 18.3 Å². The molecule has 1 saturated carbocycles. The number of nitrogens with zero attached hydrogens (tertiary/aromatic N) is 1. The molecule has 1 atom stereocenters. The lowest BCUT2D eigenvalue weighted by Crippen LogP contribution is -2.48. The minimum Gasteiger partial charge on any atom is -0.388 e. The molecule has 0 radical (unpaired) electrons. The van der Waals surface area contributed by atoms with Gasteiger partial charge in [0, 0.05) is 11.0 Å². The third kappa shape index (κ3) is 2.04. The molecule has 1 aliphatic carbocycles. The van der Waals surface area contributed by atoms with E-state index < -0.39 is 33.8 Å². The van der Waals surface area contributed by atoms with E-state index in [0.717, 1.165) is 0 Å². The highest BCUT2D eigenvalue weighted by Gasteiger charge is 2.54. The average molecular weight is 319 g/mol. The first-order valence-electron chi connectivity index (χ1n) is 6.53. The van der Waals surface area contributed by atoms with Crippen LogP contribution in [-0.4, -0.2) is 21.0 Å². The average Bonchev–Trinajstić information content (AvgIpc) is 2.82. The van der Waals surface area contributed by atoms with Gasteiger partial charge in [0.2, 0.25) is 0 Å². The fourth-order valence-electron chi connectivity index (χ4n) is 3.53. The topological polar surface area (TPSA) is 48.9 Å². The van der Waals surface area contributed by atoms with Gasteiger partial charge in [0.25, 0.3) is 0 Å². The number of hydrogen-bond acceptors (Lipinski definition) is 2. The van der Waals surface area contributed by atoms with Gasteiger partial charge in [-0.05, 0) is 19.8 Å². The summed E-state index contributed by atoms with van der Waals surface area (Å²) in [5.74, 6) is -1.96. The fourth-order valence-corrected chi connectivity index (χ4v) is 3.73. The first-order chi connectivity index (χ1) is 9.66. The molecule has 2 aromatic rings. The van der Waals surface area contributed by atoms with E-state index in [1.807, 2.05) is 0 Å². The molecule has 7 heteroatoms. The van der Waals surface area contributed by atoms with Gasteiger partial charge in [0.1, 0.15) is 10.7 Å². The van der Waals surface area contributed by atoms with E-state index in [1.54, 1.807) is 6.92 Å². The Morgan fingerprint density at radius 2 is 1.95 bits per heavy atom. The van der Waals surface area contributed by atoms with Gasteiger partial charge in [0.05, 0.1) is 23.2 Å². The molecule has 1 heterocycles. The fraction of sp³-hybridized carbons (Fsp3) is 0.500. The summed E-state index contributed by atoms with van der Waals surface area (Å²) in [5, 5.41) is 16.0. The Bertz CT molecular complexity index is 721. The molecule has 1 aromatic carbocycles. The highest BCUT2D eigenvalue weighted by molar-refractivity contribution is 6.31. The zero-order valence-corrected chi connectivity index (χ0v) is 12.2. The number of H-pyrrole nitrogens is 1. The minimum absolute atomic E-state index is 0.00128. The van der Waals surface area contributed by atoms with Gasteiger partial charge >= 0.3 is 0 Å². The van der Waals surface area contributed by atoms with E-state index in [0.29, 0.717) is 0 Å². The van der Waals surface area contributed by atoms with Crippen molar-refractivity contribution in [2.24, 2.45) is 5.41 Å². The summed E-state index contributed by atoms with van der Waals surface area (Å²) in [7, 11) is 0. The van der Waals surface area contributed by atoms with Crippen LogP contribution in [0.1, 0.15) is 38.4 Å². The standard InChI is InChI=1S/C14H14ClF3N2O/c1-13(4-14(2,18)5-13)12(21)7-10(17)8(15)9(16)6-3-19-20-11(6)7/h3,12,21H,4-5H2,1-2H3,(H,19,20). The van der Waals surface area contributed by atoms with Gasteiger partial charge in [-0.15, -0.1) is 0 Å². The van der Waals surface area contributed by atoms with Gasteiger partial charge < -0.3 is 5.11 Å². The molecular formula is C14H14ClF3N2O. The van der Waals surface area contributed by atoms with Gasteiger partial charge in [-0.3, -0.25) is 5.10 Å². The second-order valence-electron chi connectivity index (χ2n) is 6.34. The maximum atomic E-state index is 14.3. The van der Waals surface area contributed by atoms with Crippen molar-refractivity contribution in [1.82, 2.24) is 10.2 Å². The molecule has 1 unspecified atom stereocenters. The molecule has 1 fully saturated rings. The predicted molar refractivity (Wildman–Crippen MR) is 72.8 cm³/mol. The molecule has 3 nitrogen and oxygen atoms in total. The lowest BCUT2D eigenvalue weighted by Gasteiger charge is -2.50. The van der Waals surface area contributed by atoms with Crippen molar-refractivity contribution >= 4 is 22.5 Å². The van der Waals surface area contributed by atoms with Gasteiger partial charge in [-0.2, -0.15) is 5.10 Å². The second-order valence-corrected chi connectivity index (χ2v) is 6.72. The van der Waals surface area contributed by atoms with Crippen LogP contribution in [0, 0.1) is 17.0 Å². The summed E-state index contributed by atoms with van der Waals surface area (Å²) in [6.45, 7) is 3.10. The van der Waals surface area contributed by atoms with Crippen LogP contribution in [0.3, 0.4) is 0 Å². The number of rotatable bonds is 2.